The average molecular weight is 615 g/mol. The van der Waals surface area contributed by atoms with Crippen LogP contribution in [0.2, 0.25) is 0 Å². The zero-order valence-corrected chi connectivity index (χ0v) is 25.4. The van der Waals surface area contributed by atoms with Crippen molar-refractivity contribution in [3.63, 3.8) is 0 Å². The summed E-state index contributed by atoms with van der Waals surface area (Å²) in [6.07, 6.45) is -0.783. The number of carboxylic acids is 2. The zero-order chi connectivity index (χ0) is 32.8. The standard InChI is InChI=1S/C20H23NO5.C15H15NO3/c1-20(2,3)26-19(24)21-17(18(22)23)15-9-11-16(12-10-15)25-13-14-7-5-4-6-8-14;16-14(15(17)18)12-6-8-13(9-7-12)19-10-11-4-2-1-3-5-11/h4-12,17H,13H2,1-3H3,(H,21,24)(H,22,23);1-9,14H,10,16H2,(H,17,18). The van der Waals surface area contributed by atoms with Gasteiger partial charge in [0.15, 0.2) is 6.04 Å². The predicted molar refractivity (Wildman–Crippen MR) is 169 cm³/mol. The zero-order valence-electron chi connectivity index (χ0n) is 25.4. The lowest BCUT2D eigenvalue weighted by Crippen LogP contribution is -2.38. The molecule has 0 aromatic heterocycles. The first-order valence-electron chi connectivity index (χ1n) is 14.2. The van der Waals surface area contributed by atoms with Crippen LogP contribution in [0.25, 0.3) is 0 Å². The van der Waals surface area contributed by atoms with Crippen LogP contribution in [-0.2, 0) is 27.5 Å². The highest BCUT2D eigenvalue weighted by Gasteiger charge is 2.25. The van der Waals surface area contributed by atoms with E-state index in [1.54, 1.807) is 69.3 Å². The molecule has 5 N–H and O–H groups in total. The molecule has 0 aliphatic rings. The minimum atomic E-state index is -1.20. The van der Waals surface area contributed by atoms with Crippen molar-refractivity contribution >= 4 is 18.0 Å². The van der Waals surface area contributed by atoms with Crippen LogP contribution in [0.4, 0.5) is 4.79 Å². The monoisotopic (exact) mass is 614 g/mol. The van der Waals surface area contributed by atoms with E-state index >= 15 is 0 Å². The van der Waals surface area contributed by atoms with Crippen molar-refractivity contribution in [1.29, 1.82) is 0 Å². The molecule has 10 nitrogen and oxygen atoms in total. The van der Waals surface area contributed by atoms with Crippen LogP contribution in [0, 0.1) is 0 Å². The molecule has 0 spiro atoms. The lowest BCUT2D eigenvalue weighted by Gasteiger charge is -2.22. The van der Waals surface area contributed by atoms with E-state index in [1.807, 2.05) is 60.7 Å². The Hall–Kier alpha value is -5.35. The molecule has 0 aliphatic carbocycles. The minimum Gasteiger partial charge on any atom is -0.489 e. The Morgan fingerprint density at radius 3 is 1.47 bits per heavy atom. The van der Waals surface area contributed by atoms with Gasteiger partial charge in [0.1, 0.15) is 36.4 Å². The Morgan fingerprint density at radius 1 is 0.667 bits per heavy atom. The molecule has 236 valence electrons. The fraction of sp³-hybridized carbons (Fsp3) is 0.229. The van der Waals surface area contributed by atoms with Crippen LogP contribution < -0.4 is 20.5 Å². The van der Waals surface area contributed by atoms with Crippen molar-refractivity contribution in [2.75, 3.05) is 0 Å². The van der Waals surface area contributed by atoms with E-state index in [0.29, 0.717) is 35.8 Å². The van der Waals surface area contributed by atoms with Gasteiger partial charge in [-0.3, -0.25) is 4.79 Å². The molecule has 4 aromatic carbocycles. The van der Waals surface area contributed by atoms with Gasteiger partial charge in [0.25, 0.3) is 0 Å². The molecule has 0 heterocycles. The van der Waals surface area contributed by atoms with Crippen LogP contribution in [0.15, 0.2) is 109 Å². The summed E-state index contributed by atoms with van der Waals surface area (Å²) < 4.78 is 16.4. The Kier molecular flexibility index (Phi) is 12.5. The summed E-state index contributed by atoms with van der Waals surface area (Å²) in [4.78, 5) is 34.1. The van der Waals surface area contributed by atoms with Gasteiger partial charge < -0.3 is 35.5 Å². The number of amides is 1. The number of hydrogen-bond donors (Lipinski definition) is 4. The fourth-order valence-corrected chi connectivity index (χ4v) is 3.87. The number of carboxylic acid groups (broad SMARTS) is 2. The molecule has 0 saturated heterocycles. The Balaban J connectivity index is 0.000000257. The van der Waals surface area contributed by atoms with Crippen LogP contribution in [0.3, 0.4) is 0 Å². The van der Waals surface area contributed by atoms with E-state index in [1.165, 1.54) is 0 Å². The molecule has 45 heavy (non-hydrogen) atoms. The first kappa shape index (κ1) is 34.1. The van der Waals surface area contributed by atoms with Gasteiger partial charge in [-0.2, -0.15) is 0 Å². The number of nitrogens with two attached hydrogens (primary N) is 1. The van der Waals surface area contributed by atoms with Gasteiger partial charge in [0, 0.05) is 0 Å². The Labute approximate surface area is 262 Å². The maximum Gasteiger partial charge on any atom is 0.408 e. The maximum absolute atomic E-state index is 11.9. The van der Waals surface area contributed by atoms with Crippen molar-refractivity contribution < 1.29 is 38.8 Å². The molecular formula is C35H38N2O8. The average Bonchev–Trinajstić information content (AvgIpc) is 3.02. The summed E-state index contributed by atoms with van der Waals surface area (Å²) in [5, 5.41) is 20.6. The highest BCUT2D eigenvalue weighted by molar-refractivity contribution is 5.81. The number of benzene rings is 4. The van der Waals surface area contributed by atoms with Gasteiger partial charge in [0.05, 0.1) is 0 Å². The number of hydrogen-bond acceptors (Lipinski definition) is 7. The van der Waals surface area contributed by atoms with Gasteiger partial charge in [0.2, 0.25) is 0 Å². The van der Waals surface area contributed by atoms with Gasteiger partial charge in [-0.1, -0.05) is 84.9 Å². The normalized spacial score (nSPS) is 12.0. The molecule has 1 amide bonds. The predicted octanol–water partition coefficient (Wildman–Crippen LogP) is 6.27. The number of ether oxygens (including phenoxy) is 3. The van der Waals surface area contributed by atoms with E-state index < -0.39 is 35.7 Å². The molecule has 0 saturated carbocycles. The quantitative estimate of drug-likeness (QED) is 0.153. The van der Waals surface area contributed by atoms with E-state index in [-0.39, 0.29) is 0 Å². The molecule has 2 unspecified atom stereocenters. The largest absolute Gasteiger partial charge is 0.489 e. The number of carbonyl (C=O) groups is 3. The first-order chi connectivity index (χ1) is 21.4. The van der Waals surface area contributed by atoms with E-state index in [4.69, 9.17) is 25.1 Å². The molecule has 0 aliphatic heterocycles. The number of nitrogens with one attached hydrogen (secondary N) is 1. The molecule has 4 aromatic rings. The summed E-state index contributed by atoms with van der Waals surface area (Å²) >= 11 is 0. The lowest BCUT2D eigenvalue weighted by atomic mass is 10.1. The van der Waals surface area contributed by atoms with E-state index in [2.05, 4.69) is 5.32 Å². The van der Waals surface area contributed by atoms with Crippen molar-refractivity contribution in [2.24, 2.45) is 5.73 Å². The van der Waals surface area contributed by atoms with E-state index in [0.717, 1.165) is 11.1 Å². The fourth-order valence-electron chi connectivity index (χ4n) is 3.87. The second kappa shape index (κ2) is 16.5. The van der Waals surface area contributed by atoms with Crippen LogP contribution in [-0.4, -0.2) is 33.8 Å². The Bertz CT molecular complexity index is 1500. The highest BCUT2D eigenvalue weighted by Crippen LogP contribution is 2.21. The van der Waals surface area contributed by atoms with Crippen molar-refractivity contribution in [2.45, 2.75) is 51.7 Å². The van der Waals surface area contributed by atoms with Crippen LogP contribution in [0.5, 0.6) is 11.5 Å². The maximum atomic E-state index is 11.9. The summed E-state index contributed by atoms with van der Waals surface area (Å²) in [7, 11) is 0. The second-order valence-corrected chi connectivity index (χ2v) is 10.9. The van der Waals surface area contributed by atoms with Crippen LogP contribution in [0.1, 0.15) is 55.1 Å². The number of alkyl carbamates (subject to hydrolysis) is 1. The molecule has 0 bridgehead atoms. The molecule has 2 atom stereocenters. The second-order valence-electron chi connectivity index (χ2n) is 10.9. The Morgan fingerprint density at radius 2 is 1.09 bits per heavy atom. The summed E-state index contributed by atoms with van der Waals surface area (Å²) in [5.74, 6) is -0.920. The lowest BCUT2D eigenvalue weighted by molar-refractivity contribution is -0.140. The molecule has 0 radical (unpaired) electrons. The summed E-state index contributed by atoms with van der Waals surface area (Å²) in [6.45, 7) is 6.02. The SMILES string of the molecule is CC(C)(C)OC(=O)NC(C(=O)O)c1ccc(OCc2ccccc2)cc1.NC(C(=O)O)c1ccc(OCc2ccccc2)cc1. The van der Waals surface area contributed by atoms with Crippen LogP contribution >= 0.6 is 0 Å². The molecular weight excluding hydrogens is 576 g/mol. The number of carbonyl (C=O) groups excluding carboxylic acids is 1. The summed E-state index contributed by atoms with van der Waals surface area (Å²) in [6, 6.07) is 30.7. The first-order valence-corrected chi connectivity index (χ1v) is 14.2. The van der Waals surface area contributed by atoms with Crippen molar-refractivity contribution in [1.82, 2.24) is 5.32 Å². The van der Waals surface area contributed by atoms with Gasteiger partial charge >= 0.3 is 18.0 Å². The molecule has 0 fully saturated rings. The third kappa shape index (κ3) is 12.0. The topological polar surface area (TPSA) is 157 Å². The minimum absolute atomic E-state index is 0.415. The van der Waals surface area contributed by atoms with Gasteiger partial charge in [-0.05, 0) is 67.3 Å². The van der Waals surface area contributed by atoms with Crippen molar-refractivity contribution in [3.05, 3.63) is 131 Å². The molecule has 4 rings (SSSR count). The highest BCUT2D eigenvalue weighted by atomic mass is 16.6. The number of rotatable bonds is 11. The smallest absolute Gasteiger partial charge is 0.408 e. The van der Waals surface area contributed by atoms with Gasteiger partial charge in [-0.15, -0.1) is 0 Å². The third-order valence-electron chi connectivity index (χ3n) is 6.12. The van der Waals surface area contributed by atoms with Crippen molar-refractivity contribution in [3.8, 4) is 11.5 Å². The summed E-state index contributed by atoms with van der Waals surface area (Å²) in [5.41, 5.74) is 7.90. The van der Waals surface area contributed by atoms with Gasteiger partial charge in [-0.25, -0.2) is 9.59 Å². The van der Waals surface area contributed by atoms with E-state index in [9.17, 15) is 19.5 Å². The molecule has 10 heteroatoms. The number of aliphatic carboxylic acids is 2. The third-order valence-corrected chi connectivity index (χ3v) is 6.12.